The number of aryl methyl sites for hydroxylation is 2. The molecular formula is C14H17N5. The largest absolute Gasteiger partial charge is 0.346 e. The van der Waals surface area contributed by atoms with Crippen LogP contribution in [0.15, 0.2) is 30.7 Å². The van der Waals surface area contributed by atoms with Gasteiger partial charge in [0.1, 0.15) is 5.65 Å². The van der Waals surface area contributed by atoms with E-state index in [1.165, 1.54) is 16.5 Å². The Kier molecular flexibility index (Phi) is 3.05. The third-order valence-corrected chi connectivity index (χ3v) is 3.28. The van der Waals surface area contributed by atoms with Crippen LogP contribution in [0.1, 0.15) is 16.8 Å². The summed E-state index contributed by atoms with van der Waals surface area (Å²) < 4.78 is 1.85. The van der Waals surface area contributed by atoms with Crippen LogP contribution in [0.3, 0.4) is 0 Å². The minimum Gasteiger partial charge on any atom is -0.346 e. The zero-order chi connectivity index (χ0) is 13.2. The van der Waals surface area contributed by atoms with Gasteiger partial charge in [0.2, 0.25) is 0 Å². The second kappa shape index (κ2) is 4.85. The van der Waals surface area contributed by atoms with E-state index in [9.17, 15) is 0 Å². The van der Waals surface area contributed by atoms with Gasteiger partial charge in [-0.05, 0) is 24.6 Å². The van der Waals surface area contributed by atoms with Gasteiger partial charge in [0.25, 0.3) is 0 Å². The molecule has 0 unspecified atom stereocenters. The van der Waals surface area contributed by atoms with Crippen molar-refractivity contribution in [2.45, 2.75) is 20.0 Å². The Morgan fingerprint density at radius 1 is 1.32 bits per heavy atom. The Morgan fingerprint density at radius 2 is 2.16 bits per heavy atom. The Morgan fingerprint density at radius 3 is 2.95 bits per heavy atom. The summed E-state index contributed by atoms with van der Waals surface area (Å²) in [6.07, 6.45) is 5.87. The lowest BCUT2D eigenvalue weighted by atomic mass is 10.2. The van der Waals surface area contributed by atoms with E-state index in [4.69, 9.17) is 0 Å². The van der Waals surface area contributed by atoms with E-state index in [-0.39, 0.29) is 0 Å². The van der Waals surface area contributed by atoms with Gasteiger partial charge in [0, 0.05) is 49.7 Å². The molecule has 19 heavy (non-hydrogen) atoms. The summed E-state index contributed by atoms with van der Waals surface area (Å²) in [5.41, 5.74) is 4.50. The van der Waals surface area contributed by atoms with E-state index in [0.717, 1.165) is 24.4 Å². The lowest BCUT2D eigenvalue weighted by Gasteiger charge is -2.02. The molecule has 0 saturated carbocycles. The van der Waals surface area contributed by atoms with Crippen molar-refractivity contribution in [1.82, 2.24) is 25.1 Å². The van der Waals surface area contributed by atoms with Crippen LogP contribution in [0, 0.1) is 6.92 Å². The van der Waals surface area contributed by atoms with Crippen molar-refractivity contribution in [2.75, 3.05) is 0 Å². The van der Waals surface area contributed by atoms with Crippen molar-refractivity contribution >= 4 is 11.0 Å². The second-order valence-electron chi connectivity index (χ2n) is 4.73. The van der Waals surface area contributed by atoms with Crippen LogP contribution >= 0.6 is 0 Å². The molecule has 0 fully saturated rings. The maximum Gasteiger partial charge on any atom is 0.137 e. The van der Waals surface area contributed by atoms with Gasteiger partial charge < -0.3 is 10.3 Å². The summed E-state index contributed by atoms with van der Waals surface area (Å²) in [5.74, 6) is 0. The first-order valence-corrected chi connectivity index (χ1v) is 6.35. The molecule has 0 aliphatic rings. The van der Waals surface area contributed by atoms with Gasteiger partial charge in [-0.2, -0.15) is 5.10 Å². The number of aromatic amines is 1. The van der Waals surface area contributed by atoms with Gasteiger partial charge >= 0.3 is 0 Å². The van der Waals surface area contributed by atoms with Crippen molar-refractivity contribution in [2.24, 2.45) is 7.05 Å². The molecule has 98 valence electrons. The number of nitrogens with zero attached hydrogens (tertiary/aromatic N) is 3. The molecule has 0 aliphatic carbocycles. The van der Waals surface area contributed by atoms with Gasteiger partial charge in [-0.15, -0.1) is 0 Å². The molecule has 0 radical (unpaired) electrons. The average Bonchev–Trinajstić information content (AvgIpc) is 2.94. The Hall–Kier alpha value is -2.14. The van der Waals surface area contributed by atoms with Gasteiger partial charge in [-0.3, -0.25) is 4.68 Å². The molecule has 0 spiro atoms. The summed E-state index contributed by atoms with van der Waals surface area (Å²) in [6.45, 7) is 3.68. The first-order valence-electron chi connectivity index (χ1n) is 6.35. The highest BCUT2D eigenvalue weighted by molar-refractivity contribution is 5.79. The lowest BCUT2D eigenvalue weighted by Crippen LogP contribution is -2.12. The Balaban J connectivity index is 1.68. The number of fused-ring (bicyclic) bond motifs is 1. The predicted molar refractivity (Wildman–Crippen MR) is 74.6 cm³/mol. The first-order chi connectivity index (χ1) is 9.24. The number of hydrogen-bond donors (Lipinski definition) is 2. The third-order valence-electron chi connectivity index (χ3n) is 3.28. The van der Waals surface area contributed by atoms with Gasteiger partial charge in [0.05, 0.1) is 5.69 Å². The fourth-order valence-electron chi connectivity index (χ4n) is 2.31. The summed E-state index contributed by atoms with van der Waals surface area (Å²) >= 11 is 0. The molecule has 2 N–H and O–H groups in total. The normalized spacial score (nSPS) is 11.3. The van der Waals surface area contributed by atoms with Crippen LogP contribution in [0.25, 0.3) is 11.0 Å². The molecule has 0 amide bonds. The first kappa shape index (κ1) is 11.9. The van der Waals surface area contributed by atoms with Crippen molar-refractivity contribution in [3.63, 3.8) is 0 Å². The van der Waals surface area contributed by atoms with E-state index in [1.807, 2.05) is 30.9 Å². The van der Waals surface area contributed by atoms with Crippen LogP contribution in [0.4, 0.5) is 0 Å². The molecule has 3 aromatic rings. The number of rotatable bonds is 4. The van der Waals surface area contributed by atoms with Crippen molar-refractivity contribution in [3.8, 4) is 0 Å². The van der Waals surface area contributed by atoms with Gasteiger partial charge in [-0.25, -0.2) is 4.98 Å². The summed E-state index contributed by atoms with van der Waals surface area (Å²) in [6, 6.07) is 4.05. The standard InChI is InChI=1S/C14H17N5/c1-10-12(9-19(2)18-10)7-15-6-11-8-17-14-13(11)4-3-5-16-14/h3-5,8-9,15H,6-7H2,1-2H3,(H,16,17). The molecule has 3 aromatic heterocycles. The molecule has 3 rings (SSSR count). The smallest absolute Gasteiger partial charge is 0.137 e. The SMILES string of the molecule is Cc1nn(C)cc1CNCc1c[nH]c2ncccc12. The van der Waals surface area contributed by atoms with E-state index in [2.05, 4.69) is 32.6 Å². The molecule has 0 saturated heterocycles. The highest BCUT2D eigenvalue weighted by Gasteiger charge is 2.05. The van der Waals surface area contributed by atoms with E-state index >= 15 is 0 Å². The molecule has 0 bridgehead atoms. The van der Waals surface area contributed by atoms with Gasteiger partial charge in [-0.1, -0.05) is 0 Å². The van der Waals surface area contributed by atoms with Crippen molar-refractivity contribution < 1.29 is 0 Å². The summed E-state index contributed by atoms with van der Waals surface area (Å²) in [4.78, 5) is 7.47. The summed E-state index contributed by atoms with van der Waals surface area (Å²) in [7, 11) is 1.95. The van der Waals surface area contributed by atoms with Crippen molar-refractivity contribution in [3.05, 3.63) is 47.5 Å². The molecule has 0 atom stereocenters. The maximum atomic E-state index is 4.34. The van der Waals surface area contributed by atoms with Crippen LogP contribution < -0.4 is 5.32 Å². The minimum atomic E-state index is 0.819. The third kappa shape index (κ3) is 2.37. The van der Waals surface area contributed by atoms with E-state index < -0.39 is 0 Å². The molecule has 0 aromatic carbocycles. The second-order valence-corrected chi connectivity index (χ2v) is 4.73. The summed E-state index contributed by atoms with van der Waals surface area (Å²) in [5, 5.41) is 8.97. The number of pyridine rings is 1. The van der Waals surface area contributed by atoms with Crippen LogP contribution in [0.2, 0.25) is 0 Å². The number of H-pyrrole nitrogens is 1. The fraction of sp³-hybridized carbons (Fsp3) is 0.286. The number of aromatic nitrogens is 4. The predicted octanol–water partition coefficient (Wildman–Crippen LogP) is 1.89. The quantitative estimate of drug-likeness (QED) is 0.748. The van der Waals surface area contributed by atoms with Crippen LogP contribution in [-0.2, 0) is 20.1 Å². The van der Waals surface area contributed by atoms with Crippen LogP contribution in [0.5, 0.6) is 0 Å². The van der Waals surface area contributed by atoms with E-state index in [0.29, 0.717) is 0 Å². The highest BCUT2D eigenvalue weighted by atomic mass is 15.2. The molecule has 0 aliphatic heterocycles. The van der Waals surface area contributed by atoms with Crippen LogP contribution in [-0.4, -0.2) is 19.7 Å². The fourth-order valence-corrected chi connectivity index (χ4v) is 2.31. The molecule has 5 nitrogen and oxygen atoms in total. The Bertz CT molecular complexity index is 695. The average molecular weight is 255 g/mol. The molecular weight excluding hydrogens is 238 g/mol. The zero-order valence-electron chi connectivity index (χ0n) is 11.1. The lowest BCUT2D eigenvalue weighted by molar-refractivity contribution is 0.693. The minimum absolute atomic E-state index is 0.819. The zero-order valence-corrected chi connectivity index (χ0v) is 11.1. The van der Waals surface area contributed by atoms with Crippen molar-refractivity contribution in [1.29, 1.82) is 0 Å². The maximum absolute atomic E-state index is 4.34. The highest BCUT2D eigenvalue weighted by Crippen LogP contribution is 2.15. The topological polar surface area (TPSA) is 58.5 Å². The Labute approximate surface area is 111 Å². The van der Waals surface area contributed by atoms with E-state index in [1.54, 1.807) is 6.20 Å². The molecule has 3 heterocycles. The van der Waals surface area contributed by atoms with Gasteiger partial charge in [0.15, 0.2) is 0 Å². The number of nitrogens with one attached hydrogen (secondary N) is 2. The monoisotopic (exact) mass is 255 g/mol. The molecule has 5 heteroatoms. The number of hydrogen-bond acceptors (Lipinski definition) is 3.